The lowest BCUT2D eigenvalue weighted by molar-refractivity contribution is -0.126. The lowest BCUT2D eigenvalue weighted by Crippen LogP contribution is -2.37. The Morgan fingerprint density at radius 1 is 1.35 bits per heavy atom. The molecule has 2 rings (SSSR count). The quantitative estimate of drug-likeness (QED) is 0.793. The minimum Gasteiger partial charge on any atom is -0.381 e. The zero-order valence-corrected chi connectivity index (χ0v) is 11.0. The Morgan fingerprint density at radius 3 is 2.82 bits per heavy atom. The molecule has 2 aliphatic rings. The molecule has 0 aromatic carbocycles. The van der Waals surface area contributed by atoms with Gasteiger partial charge in [0.25, 0.3) is 0 Å². The third-order valence-corrected chi connectivity index (χ3v) is 3.89. The van der Waals surface area contributed by atoms with Gasteiger partial charge in [-0.05, 0) is 31.7 Å². The summed E-state index contributed by atoms with van der Waals surface area (Å²) in [4.78, 5) is 12.0. The Labute approximate surface area is 109 Å². The number of nitrogens with one attached hydrogen (secondary N) is 1. The number of hydrogen-bond acceptors (Lipinski definition) is 3. The van der Waals surface area contributed by atoms with E-state index in [1.165, 1.54) is 0 Å². The molecule has 0 radical (unpaired) electrons. The first-order chi connectivity index (χ1) is 7.81. The van der Waals surface area contributed by atoms with Crippen molar-refractivity contribution >= 4 is 18.3 Å². The van der Waals surface area contributed by atoms with E-state index in [1.54, 1.807) is 0 Å². The fourth-order valence-corrected chi connectivity index (χ4v) is 2.78. The second kappa shape index (κ2) is 7.19. The minimum absolute atomic E-state index is 0. The number of ether oxygens (including phenoxy) is 1. The number of halogens is 1. The van der Waals surface area contributed by atoms with Crippen molar-refractivity contribution in [1.29, 1.82) is 0 Å². The van der Waals surface area contributed by atoms with Crippen molar-refractivity contribution in [2.24, 2.45) is 23.5 Å². The van der Waals surface area contributed by atoms with Gasteiger partial charge in [-0.25, -0.2) is 0 Å². The van der Waals surface area contributed by atoms with Crippen LogP contribution < -0.4 is 11.1 Å². The molecule has 17 heavy (non-hydrogen) atoms. The van der Waals surface area contributed by atoms with E-state index in [4.69, 9.17) is 10.5 Å². The Bertz CT molecular complexity index is 245. The monoisotopic (exact) mass is 262 g/mol. The van der Waals surface area contributed by atoms with Crippen LogP contribution in [0.2, 0.25) is 0 Å². The van der Waals surface area contributed by atoms with Gasteiger partial charge in [0.1, 0.15) is 0 Å². The Kier molecular flexibility index (Phi) is 6.23. The third kappa shape index (κ3) is 3.83. The molecular weight excluding hydrogens is 240 g/mol. The van der Waals surface area contributed by atoms with Crippen LogP contribution in [0.1, 0.15) is 25.7 Å². The predicted molar refractivity (Wildman–Crippen MR) is 69.1 cm³/mol. The normalized spacial score (nSPS) is 32.2. The summed E-state index contributed by atoms with van der Waals surface area (Å²) in [7, 11) is 0. The van der Waals surface area contributed by atoms with E-state index in [1.807, 2.05) is 0 Å². The second-order valence-electron chi connectivity index (χ2n) is 5.01. The first-order valence-corrected chi connectivity index (χ1v) is 6.36. The van der Waals surface area contributed by atoms with Crippen LogP contribution in [0.4, 0.5) is 0 Å². The summed E-state index contributed by atoms with van der Waals surface area (Å²) < 4.78 is 5.29. The highest BCUT2D eigenvalue weighted by Gasteiger charge is 2.32. The highest BCUT2D eigenvalue weighted by atomic mass is 35.5. The van der Waals surface area contributed by atoms with E-state index in [0.29, 0.717) is 18.4 Å². The predicted octanol–water partition coefficient (Wildman–Crippen LogP) is 0.936. The summed E-state index contributed by atoms with van der Waals surface area (Å²) in [5, 5.41) is 3.06. The molecule has 1 saturated heterocycles. The van der Waals surface area contributed by atoms with Crippen LogP contribution in [0.3, 0.4) is 0 Å². The molecule has 5 heteroatoms. The van der Waals surface area contributed by atoms with E-state index in [0.717, 1.165) is 45.4 Å². The number of carbonyl (C=O) groups is 1. The third-order valence-electron chi connectivity index (χ3n) is 3.89. The number of rotatable bonds is 4. The van der Waals surface area contributed by atoms with Gasteiger partial charge in [-0.1, -0.05) is 6.42 Å². The Hall–Kier alpha value is -0.320. The summed E-state index contributed by atoms with van der Waals surface area (Å²) in [5.74, 6) is 1.29. The molecule has 1 saturated carbocycles. The van der Waals surface area contributed by atoms with Crippen molar-refractivity contribution in [3.63, 3.8) is 0 Å². The van der Waals surface area contributed by atoms with Gasteiger partial charge >= 0.3 is 0 Å². The smallest absolute Gasteiger partial charge is 0.223 e. The van der Waals surface area contributed by atoms with E-state index < -0.39 is 0 Å². The van der Waals surface area contributed by atoms with Gasteiger partial charge in [0.2, 0.25) is 5.91 Å². The minimum atomic E-state index is 0. The first-order valence-electron chi connectivity index (χ1n) is 6.36. The molecule has 0 spiro atoms. The zero-order chi connectivity index (χ0) is 11.4. The summed E-state index contributed by atoms with van der Waals surface area (Å²) in [6.07, 6.45) is 4.34. The van der Waals surface area contributed by atoms with Crippen LogP contribution in [-0.4, -0.2) is 32.2 Å². The van der Waals surface area contributed by atoms with Crippen LogP contribution >= 0.6 is 12.4 Å². The molecule has 0 aromatic rings. The van der Waals surface area contributed by atoms with Gasteiger partial charge in [0, 0.05) is 25.0 Å². The average Bonchev–Trinajstić information content (AvgIpc) is 2.96. The van der Waals surface area contributed by atoms with Crippen LogP contribution in [0.25, 0.3) is 0 Å². The average molecular weight is 263 g/mol. The van der Waals surface area contributed by atoms with Crippen molar-refractivity contribution in [3.8, 4) is 0 Å². The number of nitrogens with two attached hydrogens (primary N) is 1. The van der Waals surface area contributed by atoms with E-state index in [9.17, 15) is 4.79 Å². The van der Waals surface area contributed by atoms with Crippen LogP contribution in [0.5, 0.6) is 0 Å². The van der Waals surface area contributed by atoms with Gasteiger partial charge in [-0.2, -0.15) is 0 Å². The first kappa shape index (κ1) is 14.7. The van der Waals surface area contributed by atoms with Gasteiger partial charge in [0.05, 0.1) is 6.61 Å². The van der Waals surface area contributed by atoms with Crippen molar-refractivity contribution < 1.29 is 9.53 Å². The highest BCUT2D eigenvalue weighted by Crippen LogP contribution is 2.30. The summed E-state index contributed by atoms with van der Waals surface area (Å²) >= 11 is 0. The molecule has 3 atom stereocenters. The molecule has 1 aliphatic heterocycles. The van der Waals surface area contributed by atoms with Gasteiger partial charge in [0.15, 0.2) is 0 Å². The van der Waals surface area contributed by atoms with E-state index >= 15 is 0 Å². The molecular formula is C12H23ClN2O2. The fraction of sp³-hybridized carbons (Fsp3) is 0.917. The van der Waals surface area contributed by atoms with Gasteiger partial charge in [-0.15, -0.1) is 12.4 Å². The van der Waals surface area contributed by atoms with Crippen molar-refractivity contribution in [2.75, 3.05) is 26.3 Å². The highest BCUT2D eigenvalue weighted by molar-refractivity contribution is 5.85. The molecule has 1 aliphatic carbocycles. The van der Waals surface area contributed by atoms with E-state index in [2.05, 4.69) is 5.32 Å². The lowest BCUT2D eigenvalue weighted by atomic mass is 9.95. The summed E-state index contributed by atoms with van der Waals surface area (Å²) in [6, 6.07) is 0. The van der Waals surface area contributed by atoms with Crippen molar-refractivity contribution in [2.45, 2.75) is 25.7 Å². The van der Waals surface area contributed by atoms with Crippen molar-refractivity contribution in [1.82, 2.24) is 5.32 Å². The van der Waals surface area contributed by atoms with E-state index in [-0.39, 0.29) is 24.2 Å². The Morgan fingerprint density at radius 2 is 2.18 bits per heavy atom. The lowest BCUT2D eigenvalue weighted by Gasteiger charge is -2.18. The Balaban J connectivity index is 0.00000144. The maximum absolute atomic E-state index is 12.0. The van der Waals surface area contributed by atoms with Crippen LogP contribution in [0, 0.1) is 17.8 Å². The maximum atomic E-state index is 12.0. The van der Waals surface area contributed by atoms with Crippen LogP contribution in [0.15, 0.2) is 0 Å². The molecule has 1 unspecified atom stereocenters. The largest absolute Gasteiger partial charge is 0.381 e. The summed E-state index contributed by atoms with van der Waals surface area (Å²) in [6.45, 7) is 3.05. The molecule has 100 valence electrons. The van der Waals surface area contributed by atoms with Gasteiger partial charge < -0.3 is 15.8 Å². The fourth-order valence-electron chi connectivity index (χ4n) is 2.78. The standard InChI is InChI=1S/C12H22N2O2.ClH/c13-6-10-2-1-3-11(10)12(15)14-7-9-4-5-16-8-9;/h9-11H,1-8,13H2,(H,14,15);1H/t9?,10-,11-;/m1./s1. The molecule has 1 heterocycles. The molecule has 3 N–H and O–H groups in total. The molecule has 1 amide bonds. The maximum Gasteiger partial charge on any atom is 0.223 e. The number of carbonyl (C=O) groups excluding carboxylic acids is 1. The zero-order valence-electron chi connectivity index (χ0n) is 10.2. The number of amides is 1. The topological polar surface area (TPSA) is 64.4 Å². The molecule has 4 nitrogen and oxygen atoms in total. The van der Waals surface area contributed by atoms with Gasteiger partial charge in [-0.3, -0.25) is 4.79 Å². The molecule has 0 aromatic heterocycles. The SMILES string of the molecule is Cl.NC[C@H]1CCC[C@H]1C(=O)NCC1CCOC1. The molecule has 0 bridgehead atoms. The molecule has 2 fully saturated rings. The summed E-state index contributed by atoms with van der Waals surface area (Å²) in [5.41, 5.74) is 5.68. The van der Waals surface area contributed by atoms with Crippen LogP contribution in [-0.2, 0) is 9.53 Å². The number of hydrogen-bond donors (Lipinski definition) is 2. The second-order valence-corrected chi connectivity index (χ2v) is 5.01. The van der Waals surface area contributed by atoms with Crippen molar-refractivity contribution in [3.05, 3.63) is 0 Å².